The third-order valence-corrected chi connectivity index (χ3v) is 5.32. The lowest BCUT2D eigenvalue weighted by molar-refractivity contribution is 0.102. The topological polar surface area (TPSA) is 65.5 Å². The molecular weight excluding hydrogens is 394 g/mol. The molecule has 0 saturated carbocycles. The fraction of sp³-hybridized carbons (Fsp3) is 0.294. The van der Waals surface area contributed by atoms with Crippen LogP contribution in [0.2, 0.25) is 5.02 Å². The minimum absolute atomic E-state index is 0.149. The van der Waals surface area contributed by atoms with E-state index in [1.54, 1.807) is 12.3 Å². The van der Waals surface area contributed by atoms with E-state index in [1.807, 2.05) is 18.2 Å². The van der Waals surface area contributed by atoms with Gasteiger partial charge in [0.15, 0.2) is 0 Å². The average Bonchev–Trinajstić information content (AvgIpc) is 2.58. The molecule has 1 aromatic heterocycles. The summed E-state index contributed by atoms with van der Waals surface area (Å²) < 4.78 is 0.726. The van der Waals surface area contributed by atoms with Crippen LogP contribution in [0.15, 0.2) is 34.9 Å². The molecule has 1 aliphatic heterocycles. The molecule has 5 nitrogen and oxygen atoms in total. The quantitative estimate of drug-likeness (QED) is 0.813. The summed E-state index contributed by atoms with van der Waals surface area (Å²) in [4.78, 5) is 18.9. The number of fused-ring (bicyclic) bond motifs is 1. The van der Waals surface area contributed by atoms with Gasteiger partial charge in [0, 0.05) is 30.3 Å². The average molecular weight is 411 g/mol. The van der Waals surface area contributed by atoms with E-state index in [0.717, 1.165) is 35.1 Å². The molecule has 1 aromatic carbocycles. The monoisotopic (exact) mass is 409 g/mol. The van der Waals surface area contributed by atoms with Crippen molar-refractivity contribution in [2.45, 2.75) is 13.0 Å². The van der Waals surface area contributed by atoms with Crippen molar-refractivity contribution in [3.63, 3.8) is 0 Å². The van der Waals surface area contributed by atoms with Crippen LogP contribution in [0.4, 0.5) is 5.69 Å². The zero-order valence-electron chi connectivity index (χ0n) is 12.9. The maximum Gasteiger partial charge on any atom is 0.274 e. The Morgan fingerprint density at radius 3 is 3.04 bits per heavy atom. The number of aliphatic hydroxyl groups excluding tert-OH is 1. The molecule has 0 aliphatic carbocycles. The molecule has 0 spiro atoms. The van der Waals surface area contributed by atoms with Crippen LogP contribution in [0.3, 0.4) is 0 Å². The van der Waals surface area contributed by atoms with Gasteiger partial charge in [-0.15, -0.1) is 0 Å². The van der Waals surface area contributed by atoms with Crippen LogP contribution in [0.1, 0.15) is 21.6 Å². The zero-order valence-corrected chi connectivity index (χ0v) is 15.3. The first-order chi connectivity index (χ1) is 11.6. The highest BCUT2D eigenvalue weighted by Gasteiger charge is 2.19. The summed E-state index contributed by atoms with van der Waals surface area (Å²) in [5.74, 6) is -0.282. The van der Waals surface area contributed by atoms with Gasteiger partial charge in [-0.05, 0) is 51.7 Å². The van der Waals surface area contributed by atoms with Gasteiger partial charge in [-0.1, -0.05) is 17.7 Å². The number of carbonyl (C=O) groups excluding carboxylic acids is 1. The highest BCUT2D eigenvalue weighted by atomic mass is 79.9. The maximum absolute atomic E-state index is 12.4. The van der Waals surface area contributed by atoms with Crippen molar-refractivity contribution in [1.82, 2.24) is 9.88 Å². The van der Waals surface area contributed by atoms with Crippen molar-refractivity contribution in [2.24, 2.45) is 0 Å². The molecule has 1 aliphatic rings. The molecule has 126 valence electrons. The third kappa shape index (κ3) is 3.78. The minimum Gasteiger partial charge on any atom is -0.395 e. The number of hydrogen-bond donors (Lipinski definition) is 2. The lowest BCUT2D eigenvalue weighted by Gasteiger charge is -2.27. The SMILES string of the molecule is O=C(Nc1cccc(Br)c1Cl)c1cc2c(cn1)CN(CCO)CC2. The first kappa shape index (κ1) is 17.4. The first-order valence-electron chi connectivity index (χ1n) is 7.65. The van der Waals surface area contributed by atoms with Crippen molar-refractivity contribution >= 4 is 39.1 Å². The predicted molar refractivity (Wildman–Crippen MR) is 97.4 cm³/mol. The Balaban J connectivity index is 1.76. The number of aliphatic hydroxyl groups is 1. The number of rotatable bonds is 4. The second kappa shape index (κ2) is 7.61. The summed E-state index contributed by atoms with van der Waals surface area (Å²) in [7, 11) is 0. The number of anilines is 1. The van der Waals surface area contributed by atoms with Gasteiger partial charge in [0.2, 0.25) is 0 Å². The van der Waals surface area contributed by atoms with Crippen molar-refractivity contribution < 1.29 is 9.90 Å². The van der Waals surface area contributed by atoms with E-state index in [-0.39, 0.29) is 12.5 Å². The third-order valence-electron chi connectivity index (χ3n) is 4.02. The van der Waals surface area contributed by atoms with Gasteiger partial charge < -0.3 is 10.4 Å². The van der Waals surface area contributed by atoms with Crippen LogP contribution in [-0.2, 0) is 13.0 Å². The summed E-state index contributed by atoms with van der Waals surface area (Å²) in [5.41, 5.74) is 3.15. The van der Waals surface area contributed by atoms with E-state index < -0.39 is 0 Å². The van der Waals surface area contributed by atoms with Gasteiger partial charge in [0.05, 0.1) is 17.3 Å². The largest absolute Gasteiger partial charge is 0.395 e. The smallest absolute Gasteiger partial charge is 0.274 e. The second-order valence-corrected chi connectivity index (χ2v) is 6.88. The van der Waals surface area contributed by atoms with Gasteiger partial charge in [-0.25, -0.2) is 0 Å². The molecule has 0 atom stereocenters. The van der Waals surface area contributed by atoms with E-state index in [0.29, 0.717) is 22.9 Å². The van der Waals surface area contributed by atoms with Crippen LogP contribution >= 0.6 is 27.5 Å². The van der Waals surface area contributed by atoms with Crippen molar-refractivity contribution in [3.05, 3.63) is 56.8 Å². The zero-order chi connectivity index (χ0) is 17.1. The van der Waals surface area contributed by atoms with Crippen LogP contribution in [-0.4, -0.2) is 40.6 Å². The van der Waals surface area contributed by atoms with Crippen molar-refractivity contribution in [1.29, 1.82) is 0 Å². The Bertz CT molecular complexity index is 769. The fourth-order valence-corrected chi connectivity index (χ4v) is 3.28. The Kier molecular flexibility index (Phi) is 5.50. The van der Waals surface area contributed by atoms with Crippen LogP contribution in [0, 0.1) is 0 Å². The van der Waals surface area contributed by atoms with Gasteiger partial charge in [-0.2, -0.15) is 0 Å². The Morgan fingerprint density at radius 2 is 2.25 bits per heavy atom. The number of carbonyl (C=O) groups is 1. The number of β-amino-alcohol motifs (C(OH)–C–C–N with tert-alkyl or cyclic N) is 1. The Labute approximate surface area is 153 Å². The lowest BCUT2D eigenvalue weighted by atomic mass is 10.0. The summed E-state index contributed by atoms with van der Waals surface area (Å²) in [6.07, 6.45) is 2.59. The molecule has 2 aromatic rings. The van der Waals surface area contributed by atoms with Crippen LogP contribution in [0.25, 0.3) is 0 Å². The molecular formula is C17H17BrClN3O2. The molecule has 0 fully saturated rings. The van der Waals surface area contributed by atoms with E-state index in [1.165, 1.54) is 0 Å². The number of aromatic nitrogens is 1. The van der Waals surface area contributed by atoms with Gasteiger partial charge in [0.25, 0.3) is 5.91 Å². The molecule has 24 heavy (non-hydrogen) atoms. The molecule has 1 amide bonds. The molecule has 0 radical (unpaired) electrons. The van der Waals surface area contributed by atoms with Gasteiger partial charge in [0.1, 0.15) is 5.69 Å². The summed E-state index contributed by atoms with van der Waals surface area (Å²) in [6.45, 7) is 2.43. The lowest BCUT2D eigenvalue weighted by Crippen LogP contribution is -2.33. The summed E-state index contributed by atoms with van der Waals surface area (Å²) >= 11 is 9.52. The summed E-state index contributed by atoms with van der Waals surface area (Å²) in [6, 6.07) is 7.21. The maximum atomic E-state index is 12.4. The molecule has 7 heteroatoms. The van der Waals surface area contributed by atoms with Gasteiger partial charge in [-0.3, -0.25) is 14.7 Å². The fourth-order valence-electron chi connectivity index (χ4n) is 2.74. The molecule has 0 unspecified atom stereocenters. The molecule has 2 heterocycles. The van der Waals surface area contributed by atoms with Crippen LogP contribution < -0.4 is 5.32 Å². The number of benzene rings is 1. The highest BCUT2D eigenvalue weighted by molar-refractivity contribution is 9.10. The Morgan fingerprint density at radius 1 is 1.42 bits per heavy atom. The predicted octanol–water partition coefficient (Wildman–Crippen LogP) is 3.10. The molecule has 0 saturated heterocycles. The number of amides is 1. The molecule has 0 bridgehead atoms. The van der Waals surface area contributed by atoms with E-state index in [2.05, 4.69) is 31.1 Å². The summed E-state index contributed by atoms with van der Waals surface area (Å²) in [5, 5.41) is 12.3. The highest BCUT2D eigenvalue weighted by Crippen LogP contribution is 2.30. The van der Waals surface area contributed by atoms with Gasteiger partial charge >= 0.3 is 0 Å². The number of pyridine rings is 1. The first-order valence-corrected chi connectivity index (χ1v) is 8.82. The van der Waals surface area contributed by atoms with Crippen LogP contribution in [0.5, 0.6) is 0 Å². The van der Waals surface area contributed by atoms with Crippen molar-refractivity contribution in [2.75, 3.05) is 25.0 Å². The standard InChI is InChI=1S/C17H17BrClN3O2/c18-13-2-1-3-14(16(13)19)21-17(24)15-8-11-4-5-22(6-7-23)10-12(11)9-20-15/h1-3,8-9,23H,4-7,10H2,(H,21,24). The number of nitrogens with zero attached hydrogens (tertiary/aromatic N) is 2. The van der Waals surface area contributed by atoms with E-state index in [9.17, 15) is 4.79 Å². The second-order valence-electron chi connectivity index (χ2n) is 5.64. The Hall–Kier alpha value is -1.47. The number of halogens is 2. The van der Waals surface area contributed by atoms with E-state index in [4.69, 9.17) is 16.7 Å². The molecule has 3 rings (SSSR count). The molecule has 2 N–H and O–H groups in total. The number of nitrogens with one attached hydrogen (secondary N) is 1. The number of hydrogen-bond acceptors (Lipinski definition) is 4. The minimum atomic E-state index is -0.282. The van der Waals surface area contributed by atoms with E-state index >= 15 is 0 Å². The normalized spacial score (nSPS) is 14.3. The van der Waals surface area contributed by atoms with Crippen molar-refractivity contribution in [3.8, 4) is 0 Å².